The quantitative estimate of drug-likeness (QED) is 0.589. The summed E-state index contributed by atoms with van der Waals surface area (Å²) in [7, 11) is 1.92. The first-order valence-corrected chi connectivity index (χ1v) is 8.77. The topological polar surface area (TPSA) is 101 Å². The molecule has 1 aromatic carbocycles. The van der Waals surface area contributed by atoms with Crippen LogP contribution in [0.25, 0.3) is 5.65 Å². The number of carbonyl (C=O) groups is 1. The lowest BCUT2D eigenvalue weighted by molar-refractivity contribution is 0.102. The minimum Gasteiger partial charge on any atom is -0.329 e. The van der Waals surface area contributed by atoms with Crippen LogP contribution in [-0.4, -0.2) is 30.1 Å². The van der Waals surface area contributed by atoms with Crippen molar-refractivity contribution in [2.75, 3.05) is 5.32 Å². The van der Waals surface area contributed by atoms with E-state index in [1.54, 1.807) is 41.2 Å². The van der Waals surface area contributed by atoms with Crippen molar-refractivity contribution >= 4 is 29.1 Å². The molecule has 0 atom stereocenters. The smallest absolute Gasteiger partial charge is 0.256 e. The maximum absolute atomic E-state index is 12.3. The molecule has 0 unspecified atom stereocenters. The van der Waals surface area contributed by atoms with E-state index in [4.69, 9.17) is 5.26 Å². The van der Waals surface area contributed by atoms with Gasteiger partial charge < -0.3 is 9.88 Å². The zero-order chi connectivity index (χ0) is 18.8. The highest BCUT2D eigenvalue weighted by atomic mass is 32.2. The van der Waals surface area contributed by atoms with Gasteiger partial charge in [-0.05, 0) is 48.2 Å². The van der Waals surface area contributed by atoms with Crippen LogP contribution in [-0.2, 0) is 7.05 Å². The second-order valence-corrected chi connectivity index (χ2v) is 6.65. The summed E-state index contributed by atoms with van der Waals surface area (Å²) < 4.78 is 3.52. The molecule has 0 saturated carbocycles. The number of carbonyl (C=O) groups excluding carboxylic acids is 1. The largest absolute Gasteiger partial charge is 0.329 e. The Bertz CT molecular complexity index is 1170. The Kier molecular flexibility index (Phi) is 4.32. The van der Waals surface area contributed by atoms with Crippen LogP contribution in [0, 0.1) is 11.3 Å². The molecule has 3 aromatic heterocycles. The Hall–Kier alpha value is -3.64. The van der Waals surface area contributed by atoms with Crippen molar-refractivity contribution in [1.82, 2.24) is 24.1 Å². The summed E-state index contributed by atoms with van der Waals surface area (Å²) in [5.74, 6) is 0.0986. The first kappa shape index (κ1) is 16.8. The zero-order valence-electron chi connectivity index (χ0n) is 14.2. The molecule has 0 radical (unpaired) electrons. The van der Waals surface area contributed by atoms with Crippen LogP contribution in [0.5, 0.6) is 0 Å². The van der Waals surface area contributed by atoms with Gasteiger partial charge in [0.05, 0.1) is 17.8 Å². The first-order chi connectivity index (χ1) is 13.1. The van der Waals surface area contributed by atoms with Crippen molar-refractivity contribution in [2.45, 2.75) is 10.2 Å². The molecule has 0 fully saturated rings. The Morgan fingerprint density at radius 1 is 1.22 bits per heavy atom. The van der Waals surface area contributed by atoms with Crippen LogP contribution in [0.4, 0.5) is 5.82 Å². The number of nitrogens with one attached hydrogen (secondary N) is 1. The molecule has 0 aliphatic rings. The average Bonchev–Trinajstić information content (AvgIpc) is 3.27. The molecule has 1 N–H and O–H groups in total. The Balaban J connectivity index is 1.53. The Morgan fingerprint density at radius 2 is 2.04 bits per heavy atom. The minimum atomic E-state index is -0.300. The van der Waals surface area contributed by atoms with Gasteiger partial charge >= 0.3 is 0 Å². The lowest BCUT2D eigenvalue weighted by Crippen LogP contribution is -2.11. The van der Waals surface area contributed by atoms with Gasteiger partial charge in [0.2, 0.25) is 0 Å². The molecular weight excluding hydrogens is 362 g/mol. The van der Waals surface area contributed by atoms with E-state index in [2.05, 4.69) is 20.4 Å². The lowest BCUT2D eigenvalue weighted by atomic mass is 10.1. The fourth-order valence-electron chi connectivity index (χ4n) is 2.41. The minimum absolute atomic E-state index is 0.300. The van der Waals surface area contributed by atoms with Gasteiger partial charge in [0.1, 0.15) is 5.03 Å². The van der Waals surface area contributed by atoms with Gasteiger partial charge in [-0.15, -0.1) is 0 Å². The van der Waals surface area contributed by atoms with Crippen LogP contribution in [0.15, 0.2) is 65.2 Å². The number of nitriles is 1. The zero-order valence-corrected chi connectivity index (χ0v) is 15.0. The third kappa shape index (κ3) is 3.51. The van der Waals surface area contributed by atoms with Crippen molar-refractivity contribution < 1.29 is 4.79 Å². The normalized spacial score (nSPS) is 10.7. The number of anilines is 1. The predicted molar refractivity (Wildman–Crippen MR) is 99.4 cm³/mol. The monoisotopic (exact) mass is 375 g/mol. The molecule has 0 saturated heterocycles. The number of imidazole rings is 2. The number of aromatic nitrogens is 5. The summed E-state index contributed by atoms with van der Waals surface area (Å²) >= 11 is 1.44. The summed E-state index contributed by atoms with van der Waals surface area (Å²) in [5, 5.41) is 17.7. The molecule has 0 bridgehead atoms. The van der Waals surface area contributed by atoms with Crippen molar-refractivity contribution in [3.05, 3.63) is 66.1 Å². The highest BCUT2D eigenvalue weighted by Crippen LogP contribution is 2.24. The molecule has 132 valence electrons. The van der Waals surface area contributed by atoms with Gasteiger partial charge in [-0.25, -0.2) is 14.5 Å². The molecule has 8 nitrogen and oxygen atoms in total. The van der Waals surface area contributed by atoms with Crippen LogP contribution in [0.2, 0.25) is 0 Å². The van der Waals surface area contributed by atoms with E-state index in [9.17, 15) is 4.79 Å². The fraction of sp³-hybridized carbons (Fsp3) is 0.0556. The van der Waals surface area contributed by atoms with Gasteiger partial charge in [-0.3, -0.25) is 4.79 Å². The van der Waals surface area contributed by atoms with E-state index in [1.807, 2.05) is 36.0 Å². The maximum atomic E-state index is 12.3. The van der Waals surface area contributed by atoms with Gasteiger partial charge in [-0.1, -0.05) is 0 Å². The number of hydrogen-bond donors (Lipinski definition) is 1. The second kappa shape index (κ2) is 6.93. The molecule has 27 heavy (non-hydrogen) atoms. The maximum Gasteiger partial charge on any atom is 0.256 e. The van der Waals surface area contributed by atoms with Crippen molar-refractivity contribution in [2.24, 2.45) is 7.05 Å². The summed E-state index contributed by atoms with van der Waals surface area (Å²) in [5.41, 5.74) is 1.57. The molecule has 0 aliphatic heterocycles. The highest BCUT2D eigenvalue weighted by molar-refractivity contribution is 7.99. The standard InChI is InChI=1S/C18H13N7OS/c1-24-9-8-20-18(24)27-16-7-6-15-21-14(11-25(15)23-16)22-17(26)13-4-2-12(10-19)3-5-13/h2-9,11H,1H3,(H,22,26). The number of nitrogens with zero attached hydrogens (tertiary/aromatic N) is 6. The van der Waals surface area contributed by atoms with Crippen molar-refractivity contribution in [3.63, 3.8) is 0 Å². The summed E-state index contributed by atoms with van der Waals surface area (Å²) in [4.78, 5) is 20.9. The van der Waals surface area contributed by atoms with Gasteiger partial charge in [0.15, 0.2) is 16.6 Å². The molecule has 4 aromatic rings. The molecule has 4 rings (SSSR count). The van der Waals surface area contributed by atoms with E-state index in [-0.39, 0.29) is 5.91 Å². The van der Waals surface area contributed by atoms with E-state index < -0.39 is 0 Å². The first-order valence-electron chi connectivity index (χ1n) is 7.95. The lowest BCUT2D eigenvalue weighted by Gasteiger charge is -2.01. The van der Waals surface area contributed by atoms with E-state index in [1.165, 1.54) is 11.8 Å². The van der Waals surface area contributed by atoms with E-state index >= 15 is 0 Å². The van der Waals surface area contributed by atoms with Gasteiger partial charge in [0, 0.05) is 25.0 Å². The third-order valence-electron chi connectivity index (χ3n) is 3.79. The van der Waals surface area contributed by atoms with Crippen LogP contribution < -0.4 is 5.32 Å². The van der Waals surface area contributed by atoms with Crippen LogP contribution >= 0.6 is 11.8 Å². The predicted octanol–water partition coefficient (Wildman–Crippen LogP) is 2.74. The second-order valence-electron chi connectivity index (χ2n) is 5.67. The summed E-state index contributed by atoms with van der Waals surface area (Å²) in [6.45, 7) is 0. The van der Waals surface area contributed by atoms with Gasteiger partial charge in [-0.2, -0.15) is 10.4 Å². The Morgan fingerprint density at radius 3 is 2.74 bits per heavy atom. The number of aryl methyl sites for hydroxylation is 1. The fourth-order valence-corrected chi connectivity index (χ4v) is 3.18. The average molecular weight is 375 g/mol. The summed E-state index contributed by atoms with van der Waals surface area (Å²) in [6.07, 6.45) is 5.25. The summed E-state index contributed by atoms with van der Waals surface area (Å²) in [6, 6.07) is 12.1. The van der Waals surface area contributed by atoms with E-state index in [0.29, 0.717) is 22.6 Å². The molecular formula is C18H13N7OS. The van der Waals surface area contributed by atoms with Crippen LogP contribution in [0.1, 0.15) is 15.9 Å². The van der Waals surface area contributed by atoms with E-state index in [0.717, 1.165) is 10.2 Å². The number of amides is 1. The molecule has 1 amide bonds. The number of rotatable bonds is 4. The molecule has 0 aliphatic carbocycles. The number of fused-ring (bicyclic) bond motifs is 1. The van der Waals surface area contributed by atoms with Crippen LogP contribution in [0.3, 0.4) is 0 Å². The third-order valence-corrected chi connectivity index (χ3v) is 4.79. The molecule has 0 spiro atoms. The Labute approximate surface area is 158 Å². The highest BCUT2D eigenvalue weighted by Gasteiger charge is 2.11. The number of benzene rings is 1. The SMILES string of the molecule is Cn1ccnc1Sc1ccc2nc(NC(=O)c3ccc(C#N)cc3)cn2n1. The van der Waals surface area contributed by atoms with Crippen molar-refractivity contribution in [1.29, 1.82) is 5.26 Å². The molecule has 9 heteroatoms. The molecule has 3 heterocycles. The number of hydrogen-bond acceptors (Lipinski definition) is 6. The van der Waals surface area contributed by atoms with Crippen molar-refractivity contribution in [3.8, 4) is 6.07 Å². The van der Waals surface area contributed by atoms with Gasteiger partial charge in [0.25, 0.3) is 5.91 Å².